The molecule has 1 aliphatic heterocycles. The second kappa shape index (κ2) is 10.5. The van der Waals surface area contributed by atoms with Crippen molar-refractivity contribution < 1.29 is 9.53 Å². The van der Waals surface area contributed by atoms with E-state index in [0.29, 0.717) is 12.1 Å². The Balaban J connectivity index is 1.31. The van der Waals surface area contributed by atoms with Crippen molar-refractivity contribution in [3.05, 3.63) is 91.0 Å². The number of benzene rings is 3. The molecule has 1 fully saturated rings. The second-order valence-electron chi connectivity index (χ2n) is 7.81. The van der Waals surface area contributed by atoms with Crippen LogP contribution in [0.5, 0.6) is 0 Å². The van der Waals surface area contributed by atoms with Crippen LogP contribution in [0.3, 0.4) is 0 Å². The highest BCUT2D eigenvalue weighted by molar-refractivity contribution is 5.87. The van der Waals surface area contributed by atoms with Crippen molar-refractivity contribution in [1.29, 1.82) is 0 Å². The van der Waals surface area contributed by atoms with Gasteiger partial charge in [0.05, 0.1) is 29.3 Å². The number of rotatable bonds is 7. The molecule has 1 saturated heterocycles. The molecule has 7 nitrogen and oxygen atoms in total. The summed E-state index contributed by atoms with van der Waals surface area (Å²) in [5.74, 6) is -0.329. The molecule has 0 saturated carbocycles. The molecule has 1 aliphatic rings. The Kier molecular flexibility index (Phi) is 6.99. The van der Waals surface area contributed by atoms with Gasteiger partial charge in [0.1, 0.15) is 6.10 Å². The summed E-state index contributed by atoms with van der Waals surface area (Å²) in [6.07, 6.45) is 0.699. The highest BCUT2D eigenvalue weighted by Crippen LogP contribution is 2.27. The first-order valence-electron chi connectivity index (χ1n) is 10.8. The van der Waals surface area contributed by atoms with E-state index in [1.807, 2.05) is 78.9 Å². The van der Waals surface area contributed by atoms with Gasteiger partial charge in [0.25, 0.3) is 0 Å². The van der Waals surface area contributed by atoms with Crippen molar-refractivity contribution in [2.75, 3.05) is 18.0 Å². The van der Waals surface area contributed by atoms with Crippen LogP contribution in [-0.4, -0.2) is 25.2 Å². The number of azo groups is 2. The maximum atomic E-state index is 11.7. The van der Waals surface area contributed by atoms with E-state index in [9.17, 15) is 4.79 Å². The van der Waals surface area contributed by atoms with Crippen LogP contribution in [0.15, 0.2) is 111 Å². The lowest BCUT2D eigenvalue weighted by molar-refractivity contribution is -0.143. The molecule has 0 unspecified atom stereocenters. The van der Waals surface area contributed by atoms with Crippen molar-refractivity contribution in [1.82, 2.24) is 0 Å². The number of ether oxygens (including phenoxy) is 1. The smallest absolute Gasteiger partial charge is 0.333 e. The van der Waals surface area contributed by atoms with Gasteiger partial charge in [0, 0.05) is 24.2 Å². The molecule has 0 bridgehead atoms. The summed E-state index contributed by atoms with van der Waals surface area (Å²) in [4.78, 5) is 13.9. The first-order chi connectivity index (χ1) is 16.1. The van der Waals surface area contributed by atoms with Gasteiger partial charge in [-0.05, 0) is 67.6 Å². The second-order valence-corrected chi connectivity index (χ2v) is 7.81. The topological polar surface area (TPSA) is 79.0 Å². The van der Waals surface area contributed by atoms with Crippen LogP contribution < -0.4 is 4.90 Å². The van der Waals surface area contributed by atoms with Gasteiger partial charge >= 0.3 is 5.97 Å². The van der Waals surface area contributed by atoms with Crippen LogP contribution in [0.25, 0.3) is 0 Å². The third-order valence-corrected chi connectivity index (χ3v) is 5.15. The molecule has 4 rings (SSSR count). The predicted molar refractivity (Wildman–Crippen MR) is 129 cm³/mol. The molecule has 0 amide bonds. The third-order valence-electron chi connectivity index (χ3n) is 5.15. The Labute approximate surface area is 193 Å². The monoisotopic (exact) mass is 439 g/mol. The zero-order valence-electron chi connectivity index (χ0n) is 18.5. The van der Waals surface area contributed by atoms with Crippen LogP contribution in [0, 0.1) is 0 Å². The van der Waals surface area contributed by atoms with Crippen LogP contribution in [0.4, 0.5) is 28.4 Å². The van der Waals surface area contributed by atoms with Crippen molar-refractivity contribution in [3.63, 3.8) is 0 Å². The van der Waals surface area contributed by atoms with Crippen molar-refractivity contribution in [2.45, 2.75) is 19.4 Å². The Morgan fingerprint density at radius 2 is 1.30 bits per heavy atom. The van der Waals surface area contributed by atoms with Gasteiger partial charge in [-0.15, -0.1) is 0 Å². The number of nitrogens with zero attached hydrogens (tertiary/aromatic N) is 5. The Morgan fingerprint density at radius 3 is 1.82 bits per heavy atom. The number of carbonyl (C=O) groups excluding carboxylic acids is 1. The van der Waals surface area contributed by atoms with Gasteiger partial charge in [0.2, 0.25) is 0 Å². The number of carbonyl (C=O) groups is 1. The lowest BCUT2D eigenvalue weighted by Crippen LogP contribution is -2.24. The van der Waals surface area contributed by atoms with Gasteiger partial charge in [-0.2, -0.15) is 20.5 Å². The fourth-order valence-electron chi connectivity index (χ4n) is 3.35. The first kappa shape index (κ1) is 22.1. The van der Waals surface area contributed by atoms with Crippen molar-refractivity contribution in [2.24, 2.45) is 20.5 Å². The average Bonchev–Trinajstić information content (AvgIpc) is 3.31. The van der Waals surface area contributed by atoms with Crippen LogP contribution in [-0.2, 0) is 9.53 Å². The van der Waals surface area contributed by atoms with Crippen molar-refractivity contribution in [3.8, 4) is 0 Å². The fourth-order valence-corrected chi connectivity index (χ4v) is 3.35. The summed E-state index contributed by atoms with van der Waals surface area (Å²) in [6.45, 7) is 6.80. The molecular weight excluding hydrogens is 414 g/mol. The standard InChI is InChI=1S/C26H25N5O2/c1-19(2)26(32)33-25-16-17-31(18-25)24-14-12-23(13-15-24)30-29-22-10-8-21(9-11-22)28-27-20-6-4-3-5-7-20/h3-15,25H,1,16-18H2,2H3/t25-/m1/s1. The minimum atomic E-state index is -0.329. The molecule has 0 radical (unpaired) electrons. The van der Waals surface area contributed by atoms with E-state index in [4.69, 9.17) is 4.74 Å². The molecule has 33 heavy (non-hydrogen) atoms. The number of hydrogen-bond donors (Lipinski definition) is 0. The van der Waals surface area contributed by atoms with Gasteiger partial charge in [-0.25, -0.2) is 4.79 Å². The van der Waals surface area contributed by atoms with E-state index in [1.54, 1.807) is 6.92 Å². The minimum absolute atomic E-state index is 0.108. The molecule has 1 heterocycles. The van der Waals surface area contributed by atoms with E-state index < -0.39 is 0 Å². The number of esters is 1. The summed E-state index contributed by atoms with van der Waals surface area (Å²) < 4.78 is 5.46. The molecule has 3 aromatic rings. The third kappa shape index (κ3) is 6.20. The molecule has 1 atom stereocenters. The fraction of sp³-hybridized carbons (Fsp3) is 0.192. The first-order valence-corrected chi connectivity index (χ1v) is 10.8. The normalized spacial score (nSPS) is 15.9. The quantitative estimate of drug-likeness (QED) is 0.221. The largest absolute Gasteiger partial charge is 0.457 e. The number of hydrogen-bond acceptors (Lipinski definition) is 7. The van der Waals surface area contributed by atoms with E-state index >= 15 is 0 Å². The van der Waals surface area contributed by atoms with E-state index in [2.05, 4.69) is 31.9 Å². The SMILES string of the molecule is C=C(C)C(=O)O[C@@H]1CCN(c2ccc(N=Nc3ccc(N=Nc4ccccc4)cc3)cc2)C1. The average molecular weight is 440 g/mol. The zero-order valence-corrected chi connectivity index (χ0v) is 18.5. The van der Waals surface area contributed by atoms with Gasteiger partial charge in [0.15, 0.2) is 0 Å². The van der Waals surface area contributed by atoms with E-state index in [1.165, 1.54) is 0 Å². The highest BCUT2D eigenvalue weighted by atomic mass is 16.5. The summed E-state index contributed by atoms with van der Waals surface area (Å²) in [5, 5.41) is 17.0. The Morgan fingerprint density at radius 1 is 0.818 bits per heavy atom. The summed E-state index contributed by atoms with van der Waals surface area (Å²) in [6, 6.07) is 24.9. The molecule has 166 valence electrons. The van der Waals surface area contributed by atoms with Crippen LogP contribution in [0.1, 0.15) is 13.3 Å². The van der Waals surface area contributed by atoms with Crippen LogP contribution >= 0.6 is 0 Å². The molecule has 0 spiro atoms. The van der Waals surface area contributed by atoms with E-state index in [-0.39, 0.29) is 12.1 Å². The highest BCUT2D eigenvalue weighted by Gasteiger charge is 2.25. The lowest BCUT2D eigenvalue weighted by Gasteiger charge is -2.18. The zero-order chi connectivity index (χ0) is 23.0. The molecule has 0 aromatic heterocycles. The molecule has 0 aliphatic carbocycles. The summed E-state index contributed by atoms with van der Waals surface area (Å²) in [5.41, 5.74) is 4.54. The Bertz CT molecular complexity index is 1160. The summed E-state index contributed by atoms with van der Waals surface area (Å²) >= 11 is 0. The molecular formula is C26H25N5O2. The molecule has 3 aromatic carbocycles. The minimum Gasteiger partial charge on any atom is -0.457 e. The number of anilines is 1. The lowest BCUT2D eigenvalue weighted by atomic mass is 10.2. The van der Waals surface area contributed by atoms with Gasteiger partial charge in [-0.3, -0.25) is 0 Å². The predicted octanol–water partition coefficient (Wildman–Crippen LogP) is 7.22. The summed E-state index contributed by atoms with van der Waals surface area (Å²) in [7, 11) is 0. The maximum Gasteiger partial charge on any atom is 0.333 e. The molecule has 7 heteroatoms. The van der Waals surface area contributed by atoms with Gasteiger partial charge in [-0.1, -0.05) is 24.8 Å². The maximum absolute atomic E-state index is 11.7. The Hall–Kier alpha value is -4.13. The molecule has 0 N–H and O–H groups in total. The van der Waals surface area contributed by atoms with Gasteiger partial charge < -0.3 is 9.64 Å². The van der Waals surface area contributed by atoms with E-state index in [0.717, 1.165) is 41.4 Å². The van der Waals surface area contributed by atoms with Crippen LogP contribution in [0.2, 0.25) is 0 Å². The van der Waals surface area contributed by atoms with Crippen molar-refractivity contribution >= 4 is 34.4 Å².